The topological polar surface area (TPSA) is 107 Å². The molecule has 2 aromatic carbocycles. The molecule has 0 bridgehead atoms. The standard InChI is InChI=1S/C17H17FN4O4S/c1-21-14-10-11(18)6-7-12(14)20-16(21)8-9-19-13-4-3-5-15(27(2,25)26)17(13)22(23)24/h3-7,10,19H,8-9H2,1-2H3. The number of hydrogen-bond acceptors (Lipinski definition) is 6. The summed E-state index contributed by atoms with van der Waals surface area (Å²) in [6.45, 7) is 0.285. The Morgan fingerprint density at radius 1 is 1.30 bits per heavy atom. The summed E-state index contributed by atoms with van der Waals surface area (Å²) >= 11 is 0. The molecule has 1 aromatic heterocycles. The van der Waals surface area contributed by atoms with Crippen LogP contribution in [0, 0.1) is 15.9 Å². The third-order valence-corrected chi connectivity index (χ3v) is 5.31. The van der Waals surface area contributed by atoms with E-state index in [2.05, 4.69) is 10.3 Å². The quantitative estimate of drug-likeness (QED) is 0.510. The van der Waals surface area contributed by atoms with Crippen molar-refractivity contribution in [2.24, 2.45) is 7.05 Å². The fourth-order valence-corrected chi connectivity index (χ4v) is 3.76. The molecule has 0 saturated carbocycles. The molecule has 0 saturated heterocycles. The van der Waals surface area contributed by atoms with Crippen LogP contribution in [0.25, 0.3) is 11.0 Å². The van der Waals surface area contributed by atoms with E-state index >= 15 is 0 Å². The minimum absolute atomic E-state index is 0.118. The number of anilines is 1. The van der Waals surface area contributed by atoms with Gasteiger partial charge in [0.1, 0.15) is 22.2 Å². The van der Waals surface area contributed by atoms with Crippen molar-refractivity contribution in [3.63, 3.8) is 0 Å². The van der Waals surface area contributed by atoms with Crippen LogP contribution in [0.15, 0.2) is 41.3 Å². The number of sulfone groups is 1. The number of nitro groups is 1. The highest BCUT2D eigenvalue weighted by atomic mass is 32.2. The van der Waals surface area contributed by atoms with Crippen molar-refractivity contribution in [2.75, 3.05) is 18.1 Å². The fourth-order valence-electron chi connectivity index (χ4n) is 2.90. The van der Waals surface area contributed by atoms with Gasteiger partial charge in [0.25, 0.3) is 0 Å². The summed E-state index contributed by atoms with van der Waals surface area (Å²) in [6, 6.07) is 8.42. The normalized spacial score (nSPS) is 11.7. The predicted octanol–water partition coefficient (Wildman–Crippen LogP) is 2.68. The van der Waals surface area contributed by atoms with Gasteiger partial charge in [0.05, 0.1) is 16.0 Å². The molecule has 3 aromatic rings. The van der Waals surface area contributed by atoms with E-state index in [4.69, 9.17) is 0 Å². The highest BCUT2D eigenvalue weighted by Crippen LogP contribution is 2.31. The summed E-state index contributed by atoms with van der Waals surface area (Å²) in [5, 5.41) is 14.3. The lowest BCUT2D eigenvalue weighted by Crippen LogP contribution is -2.11. The van der Waals surface area contributed by atoms with E-state index < -0.39 is 20.4 Å². The second kappa shape index (κ2) is 6.95. The van der Waals surface area contributed by atoms with Gasteiger partial charge in [-0.25, -0.2) is 17.8 Å². The number of nitrogens with one attached hydrogen (secondary N) is 1. The van der Waals surface area contributed by atoms with Crippen molar-refractivity contribution in [1.82, 2.24) is 9.55 Å². The highest BCUT2D eigenvalue weighted by Gasteiger charge is 2.25. The molecule has 142 valence electrons. The van der Waals surface area contributed by atoms with Crippen LogP contribution >= 0.6 is 0 Å². The van der Waals surface area contributed by atoms with Crippen molar-refractivity contribution in [3.05, 3.63) is 58.2 Å². The van der Waals surface area contributed by atoms with E-state index in [1.54, 1.807) is 17.7 Å². The largest absolute Gasteiger partial charge is 0.379 e. The first-order valence-electron chi connectivity index (χ1n) is 8.00. The molecule has 8 nitrogen and oxygen atoms in total. The fraction of sp³-hybridized carbons (Fsp3) is 0.235. The third-order valence-electron chi connectivity index (χ3n) is 4.18. The molecule has 0 atom stereocenters. The molecule has 0 spiro atoms. The SMILES string of the molecule is Cn1c(CCNc2cccc(S(C)(=O)=O)c2[N+](=O)[O-])nc2ccc(F)cc21. The second-order valence-electron chi connectivity index (χ2n) is 6.08. The number of aromatic nitrogens is 2. The number of benzene rings is 2. The number of para-hydroxylation sites is 1. The lowest BCUT2D eigenvalue weighted by atomic mass is 10.2. The minimum atomic E-state index is -3.74. The Bertz CT molecular complexity index is 1140. The third kappa shape index (κ3) is 3.75. The van der Waals surface area contributed by atoms with Gasteiger partial charge >= 0.3 is 5.69 Å². The molecule has 0 unspecified atom stereocenters. The van der Waals surface area contributed by atoms with Gasteiger partial charge in [-0.3, -0.25) is 10.1 Å². The molecule has 0 radical (unpaired) electrons. The molecule has 3 rings (SSSR count). The Labute approximate surface area is 154 Å². The molecule has 27 heavy (non-hydrogen) atoms. The zero-order valence-electron chi connectivity index (χ0n) is 14.6. The molecule has 0 fully saturated rings. The Kier molecular flexibility index (Phi) is 4.83. The van der Waals surface area contributed by atoms with Crippen LogP contribution in [0.5, 0.6) is 0 Å². The minimum Gasteiger partial charge on any atom is -0.379 e. The molecular weight excluding hydrogens is 375 g/mol. The van der Waals surface area contributed by atoms with Gasteiger partial charge in [0, 0.05) is 26.3 Å². The first-order chi connectivity index (χ1) is 12.7. The number of halogens is 1. The van der Waals surface area contributed by atoms with Gasteiger partial charge in [-0.2, -0.15) is 0 Å². The van der Waals surface area contributed by atoms with E-state index in [1.165, 1.54) is 30.3 Å². The summed E-state index contributed by atoms with van der Waals surface area (Å²) in [5.74, 6) is 0.313. The first kappa shape index (κ1) is 18.8. The van der Waals surface area contributed by atoms with E-state index in [-0.39, 0.29) is 22.9 Å². The average molecular weight is 392 g/mol. The Balaban J connectivity index is 1.84. The number of nitrogens with zero attached hydrogens (tertiary/aromatic N) is 3. The molecule has 0 aliphatic rings. The van der Waals surface area contributed by atoms with Crippen LogP contribution in [0.3, 0.4) is 0 Å². The summed E-state index contributed by atoms with van der Waals surface area (Å²) in [5.41, 5.74) is 0.939. The van der Waals surface area contributed by atoms with Gasteiger partial charge < -0.3 is 9.88 Å². The molecule has 0 aliphatic carbocycles. The average Bonchev–Trinajstić information content (AvgIpc) is 2.89. The van der Waals surface area contributed by atoms with Crippen LogP contribution in [0.1, 0.15) is 5.82 Å². The lowest BCUT2D eigenvalue weighted by molar-refractivity contribution is -0.386. The zero-order chi connectivity index (χ0) is 19.8. The number of fused-ring (bicyclic) bond motifs is 1. The molecule has 1 N–H and O–H groups in total. The number of nitro benzene ring substituents is 1. The monoisotopic (exact) mass is 392 g/mol. The van der Waals surface area contributed by atoms with Crippen LogP contribution in [0.2, 0.25) is 0 Å². The van der Waals surface area contributed by atoms with Gasteiger partial charge in [0.2, 0.25) is 0 Å². The van der Waals surface area contributed by atoms with Crippen LogP contribution < -0.4 is 5.32 Å². The van der Waals surface area contributed by atoms with E-state index in [1.807, 2.05) is 0 Å². The van der Waals surface area contributed by atoms with Gasteiger partial charge in [0.15, 0.2) is 9.84 Å². The van der Waals surface area contributed by atoms with Crippen molar-refractivity contribution in [1.29, 1.82) is 0 Å². The molecule has 0 aliphatic heterocycles. The Hall–Kier alpha value is -3.01. The van der Waals surface area contributed by atoms with Crippen molar-refractivity contribution in [3.8, 4) is 0 Å². The Morgan fingerprint density at radius 2 is 2.04 bits per heavy atom. The number of hydrogen-bond donors (Lipinski definition) is 1. The number of imidazole rings is 1. The summed E-state index contributed by atoms with van der Waals surface area (Å²) < 4.78 is 38.7. The zero-order valence-corrected chi connectivity index (χ0v) is 15.5. The molecule has 10 heteroatoms. The summed E-state index contributed by atoms with van der Waals surface area (Å²) in [7, 11) is -1.98. The first-order valence-corrected chi connectivity index (χ1v) is 9.90. The van der Waals surface area contributed by atoms with Crippen LogP contribution in [0.4, 0.5) is 15.8 Å². The maximum Gasteiger partial charge on any atom is 0.310 e. The lowest BCUT2D eigenvalue weighted by Gasteiger charge is -2.09. The summed E-state index contributed by atoms with van der Waals surface area (Å²) in [6.07, 6.45) is 1.34. The molecule has 1 heterocycles. The van der Waals surface area contributed by atoms with Gasteiger partial charge in [-0.05, 0) is 30.3 Å². The molecule has 0 amide bonds. The summed E-state index contributed by atoms with van der Waals surface area (Å²) in [4.78, 5) is 14.8. The molecular formula is C17H17FN4O4S. The van der Waals surface area contributed by atoms with Gasteiger partial charge in [-0.1, -0.05) is 6.07 Å². The van der Waals surface area contributed by atoms with E-state index in [0.717, 1.165) is 6.26 Å². The van der Waals surface area contributed by atoms with Crippen LogP contribution in [-0.4, -0.2) is 35.7 Å². The van der Waals surface area contributed by atoms with E-state index in [9.17, 15) is 22.9 Å². The van der Waals surface area contributed by atoms with Crippen LogP contribution in [-0.2, 0) is 23.3 Å². The maximum atomic E-state index is 13.4. The predicted molar refractivity (Wildman–Crippen MR) is 99.1 cm³/mol. The van der Waals surface area contributed by atoms with Crippen molar-refractivity contribution < 1.29 is 17.7 Å². The second-order valence-corrected chi connectivity index (χ2v) is 8.06. The number of aryl methyl sites for hydroxylation is 1. The maximum absolute atomic E-state index is 13.4. The number of rotatable bonds is 6. The van der Waals surface area contributed by atoms with Crippen molar-refractivity contribution >= 4 is 32.2 Å². The van der Waals surface area contributed by atoms with Crippen molar-refractivity contribution in [2.45, 2.75) is 11.3 Å². The van der Waals surface area contributed by atoms with Gasteiger partial charge in [-0.15, -0.1) is 0 Å². The highest BCUT2D eigenvalue weighted by molar-refractivity contribution is 7.90. The Morgan fingerprint density at radius 3 is 2.70 bits per heavy atom. The smallest absolute Gasteiger partial charge is 0.310 e. The van der Waals surface area contributed by atoms with E-state index in [0.29, 0.717) is 23.3 Å².